The third-order valence-corrected chi connectivity index (χ3v) is 9.90. The number of nitrogens with zero attached hydrogens (tertiary/aromatic N) is 2. The number of ether oxygens (including phenoxy) is 2. The van der Waals surface area contributed by atoms with Crippen LogP contribution in [0, 0.1) is 24.7 Å². The Balaban J connectivity index is 1.04. The maximum Gasteiger partial charge on any atom is 0.316 e. The number of rotatable bonds is 5. The molecule has 3 amide bonds. The van der Waals surface area contributed by atoms with Crippen LogP contribution in [0.5, 0.6) is 11.5 Å². The summed E-state index contributed by atoms with van der Waals surface area (Å²) in [4.78, 5) is 57.1. The zero-order chi connectivity index (χ0) is 31.0. The smallest absolute Gasteiger partial charge is 0.316 e. The normalized spacial score (nSPS) is 24.4. The van der Waals surface area contributed by atoms with Crippen LogP contribution in [0.1, 0.15) is 46.1 Å². The van der Waals surface area contributed by atoms with Gasteiger partial charge < -0.3 is 14.4 Å². The van der Waals surface area contributed by atoms with Crippen molar-refractivity contribution in [2.75, 3.05) is 23.5 Å². The topological polar surface area (TPSA) is 93.2 Å². The Morgan fingerprint density at radius 2 is 1.33 bits per heavy atom. The van der Waals surface area contributed by atoms with Crippen LogP contribution in [0.3, 0.4) is 0 Å². The second-order valence-corrected chi connectivity index (χ2v) is 12.3. The SMILES string of the molecule is COc1cccc(N2C[C@@H](C(=O)Oc3ccc(N4C(=O)[C@@H]5C6c7ccccc7C(c7ccccc76)[C@@H]5C4=O)c(C)c3)CC2=O)c1. The highest BCUT2D eigenvalue weighted by Crippen LogP contribution is 2.61. The lowest BCUT2D eigenvalue weighted by Gasteiger charge is -2.45. The van der Waals surface area contributed by atoms with Gasteiger partial charge in [-0.3, -0.25) is 19.2 Å². The second kappa shape index (κ2) is 10.2. The van der Waals surface area contributed by atoms with Crippen LogP contribution >= 0.6 is 0 Å². The van der Waals surface area contributed by atoms with Crippen LogP contribution in [0.15, 0.2) is 91.0 Å². The zero-order valence-electron chi connectivity index (χ0n) is 24.8. The molecule has 3 aliphatic carbocycles. The average Bonchev–Trinajstić information content (AvgIpc) is 3.58. The highest BCUT2D eigenvalue weighted by molar-refractivity contribution is 6.23. The summed E-state index contributed by atoms with van der Waals surface area (Å²) in [7, 11) is 1.56. The maximum atomic E-state index is 14.1. The molecule has 2 fully saturated rings. The van der Waals surface area contributed by atoms with E-state index in [1.54, 1.807) is 61.4 Å². The van der Waals surface area contributed by atoms with Crippen LogP contribution in [-0.2, 0) is 19.2 Å². The first-order valence-electron chi connectivity index (χ1n) is 15.2. The molecule has 8 heteroatoms. The lowest BCUT2D eigenvalue weighted by molar-refractivity contribution is -0.139. The van der Waals surface area contributed by atoms with E-state index < -0.39 is 23.7 Å². The van der Waals surface area contributed by atoms with Crippen LogP contribution in [-0.4, -0.2) is 37.3 Å². The second-order valence-electron chi connectivity index (χ2n) is 12.3. The lowest BCUT2D eigenvalue weighted by Crippen LogP contribution is -2.41. The van der Waals surface area contributed by atoms with E-state index >= 15 is 0 Å². The van der Waals surface area contributed by atoms with Crippen LogP contribution < -0.4 is 19.3 Å². The molecule has 0 radical (unpaired) electrons. The first kappa shape index (κ1) is 27.3. The molecule has 0 saturated carbocycles. The van der Waals surface area contributed by atoms with Gasteiger partial charge in [0.15, 0.2) is 0 Å². The molecule has 2 saturated heterocycles. The molecule has 3 atom stereocenters. The van der Waals surface area contributed by atoms with E-state index in [1.165, 1.54) is 4.90 Å². The van der Waals surface area contributed by atoms with Gasteiger partial charge in [-0.25, -0.2) is 4.90 Å². The monoisotopic (exact) mass is 598 g/mol. The number of anilines is 2. The van der Waals surface area contributed by atoms with Crippen molar-refractivity contribution in [2.45, 2.75) is 25.2 Å². The molecule has 0 aromatic heterocycles. The van der Waals surface area contributed by atoms with Gasteiger partial charge in [0, 0.05) is 36.6 Å². The minimum Gasteiger partial charge on any atom is -0.497 e. The summed E-state index contributed by atoms with van der Waals surface area (Å²) in [5, 5.41) is 0. The largest absolute Gasteiger partial charge is 0.497 e. The van der Waals surface area contributed by atoms with Crippen LogP contribution in [0.25, 0.3) is 0 Å². The number of carbonyl (C=O) groups is 4. The van der Waals surface area contributed by atoms with Crippen molar-refractivity contribution >= 4 is 35.1 Å². The Hall–Kier alpha value is -5.24. The number of imide groups is 1. The van der Waals surface area contributed by atoms with Gasteiger partial charge in [-0.1, -0.05) is 54.6 Å². The summed E-state index contributed by atoms with van der Waals surface area (Å²) in [5.41, 5.74) is 6.30. The fourth-order valence-electron chi connectivity index (χ4n) is 7.95. The highest BCUT2D eigenvalue weighted by atomic mass is 16.5. The van der Waals surface area contributed by atoms with Gasteiger partial charge in [-0.15, -0.1) is 0 Å². The van der Waals surface area contributed by atoms with Crippen molar-refractivity contribution in [1.82, 2.24) is 0 Å². The van der Waals surface area contributed by atoms with Crippen molar-refractivity contribution in [3.63, 3.8) is 0 Å². The van der Waals surface area contributed by atoms with Crippen molar-refractivity contribution < 1.29 is 28.7 Å². The van der Waals surface area contributed by atoms with Gasteiger partial charge in [0.25, 0.3) is 0 Å². The molecule has 4 aromatic rings. The van der Waals surface area contributed by atoms with Gasteiger partial charge >= 0.3 is 5.97 Å². The first-order valence-corrected chi connectivity index (χ1v) is 15.2. The molecular formula is C37H30N2O6. The molecule has 9 rings (SSSR count). The summed E-state index contributed by atoms with van der Waals surface area (Å²) >= 11 is 0. The van der Waals surface area contributed by atoms with E-state index in [0.717, 1.165) is 22.3 Å². The molecule has 4 aromatic carbocycles. The summed E-state index contributed by atoms with van der Waals surface area (Å²) in [5.74, 6) is -2.09. The fraction of sp³-hybridized carbons (Fsp3) is 0.243. The number of amides is 3. The quantitative estimate of drug-likeness (QED) is 0.175. The summed E-state index contributed by atoms with van der Waals surface area (Å²) in [6.07, 6.45) is 0.0414. The van der Waals surface area contributed by atoms with Crippen molar-refractivity contribution in [3.05, 3.63) is 119 Å². The number of aryl methyl sites for hydroxylation is 1. The number of esters is 1. The molecule has 45 heavy (non-hydrogen) atoms. The summed E-state index contributed by atoms with van der Waals surface area (Å²) < 4.78 is 11.0. The van der Waals surface area contributed by atoms with Crippen molar-refractivity contribution in [3.8, 4) is 11.5 Å². The Morgan fingerprint density at radius 1 is 0.733 bits per heavy atom. The number of hydrogen-bond donors (Lipinski definition) is 0. The first-order chi connectivity index (χ1) is 21.9. The van der Waals surface area contributed by atoms with E-state index in [0.29, 0.717) is 28.4 Å². The van der Waals surface area contributed by atoms with Gasteiger partial charge in [0.1, 0.15) is 11.5 Å². The molecule has 2 aliphatic heterocycles. The van der Waals surface area contributed by atoms with E-state index in [2.05, 4.69) is 24.3 Å². The summed E-state index contributed by atoms with van der Waals surface area (Å²) in [6, 6.07) is 28.4. The minimum absolute atomic E-state index is 0.0414. The van der Waals surface area contributed by atoms with Gasteiger partial charge in [-0.2, -0.15) is 0 Å². The van der Waals surface area contributed by atoms with Crippen LogP contribution in [0.4, 0.5) is 11.4 Å². The predicted molar refractivity (Wildman–Crippen MR) is 166 cm³/mol. The van der Waals surface area contributed by atoms with Gasteiger partial charge in [0.2, 0.25) is 17.7 Å². The molecule has 2 bridgehead atoms. The van der Waals surface area contributed by atoms with E-state index in [-0.39, 0.29) is 42.5 Å². The Morgan fingerprint density at radius 3 is 1.89 bits per heavy atom. The molecule has 8 nitrogen and oxygen atoms in total. The number of carbonyl (C=O) groups excluding carboxylic acids is 4. The van der Waals surface area contributed by atoms with E-state index in [4.69, 9.17) is 9.47 Å². The molecular weight excluding hydrogens is 568 g/mol. The van der Waals surface area contributed by atoms with Crippen LogP contribution in [0.2, 0.25) is 0 Å². The Kier molecular flexibility index (Phi) is 6.17. The third-order valence-electron chi connectivity index (χ3n) is 9.90. The minimum atomic E-state index is -0.632. The van der Waals surface area contributed by atoms with Crippen molar-refractivity contribution in [1.29, 1.82) is 0 Å². The van der Waals surface area contributed by atoms with Gasteiger partial charge in [0.05, 0.1) is 30.6 Å². The Bertz CT molecular complexity index is 1820. The predicted octanol–water partition coefficient (Wildman–Crippen LogP) is 5.36. The number of hydrogen-bond acceptors (Lipinski definition) is 6. The number of benzene rings is 4. The Labute approximate surface area is 260 Å². The van der Waals surface area contributed by atoms with E-state index in [9.17, 15) is 19.2 Å². The van der Waals surface area contributed by atoms with Gasteiger partial charge in [-0.05, 0) is 65.1 Å². The zero-order valence-corrected chi connectivity index (χ0v) is 24.8. The standard InChI is InChI=1S/C37H30N2O6/c1-20-16-24(45-37(43)21-17-30(40)38(19-21)22-8-7-9-23(18-22)44-2)14-15-29(20)39-35(41)33-31-25-10-3-4-11-26(25)32(34(33)36(39)42)28-13-6-5-12-27(28)31/h3-16,18,21,31-34H,17,19H2,1-2H3/t21-,31?,32?,33-,34+/m0/s1. The molecule has 0 N–H and O–H groups in total. The molecule has 2 heterocycles. The molecule has 5 aliphatic rings. The summed E-state index contributed by atoms with van der Waals surface area (Å²) in [6.45, 7) is 2.01. The molecule has 0 spiro atoms. The average molecular weight is 599 g/mol. The van der Waals surface area contributed by atoms with E-state index in [1.807, 2.05) is 24.3 Å². The maximum absolute atomic E-state index is 14.1. The fourth-order valence-corrected chi connectivity index (χ4v) is 7.95. The number of methoxy groups -OCH3 is 1. The van der Waals surface area contributed by atoms with Crippen molar-refractivity contribution in [2.24, 2.45) is 17.8 Å². The lowest BCUT2D eigenvalue weighted by atomic mass is 9.55. The molecule has 0 unspecified atom stereocenters. The third kappa shape index (κ3) is 4.05. The highest BCUT2D eigenvalue weighted by Gasteiger charge is 2.61. The molecule has 224 valence electrons.